The maximum absolute atomic E-state index is 12.8. The summed E-state index contributed by atoms with van der Waals surface area (Å²) in [6.07, 6.45) is 5.11. The maximum Gasteiger partial charge on any atom is 0.253 e. The second-order valence-corrected chi connectivity index (χ2v) is 7.70. The zero-order chi connectivity index (χ0) is 18.5. The molecule has 1 aromatic carbocycles. The summed E-state index contributed by atoms with van der Waals surface area (Å²) in [5.41, 5.74) is 0.729. The fourth-order valence-electron chi connectivity index (χ4n) is 4.05. The van der Waals surface area contributed by atoms with Gasteiger partial charge in [0.05, 0.1) is 12.2 Å². The highest BCUT2D eigenvalue weighted by molar-refractivity contribution is 5.94. The highest BCUT2D eigenvalue weighted by atomic mass is 16.5. The Morgan fingerprint density at radius 2 is 1.63 bits per heavy atom. The van der Waals surface area contributed by atoms with Crippen molar-refractivity contribution in [1.82, 2.24) is 9.80 Å². The number of hydrogen-bond donors (Lipinski definition) is 0. The van der Waals surface area contributed by atoms with E-state index in [1.165, 1.54) is 12.8 Å². The molecule has 0 bridgehead atoms. The van der Waals surface area contributed by atoms with Gasteiger partial charge in [0.25, 0.3) is 5.91 Å². The molecular weight excluding hydrogens is 344 g/mol. The molecule has 3 aliphatic heterocycles. The number of piperazine rings is 1. The van der Waals surface area contributed by atoms with E-state index in [9.17, 15) is 4.79 Å². The molecule has 2 atom stereocenters. The molecule has 0 radical (unpaired) electrons. The topological polar surface area (TPSA) is 51.2 Å². The third-order valence-electron chi connectivity index (χ3n) is 5.71. The number of rotatable bonds is 6. The maximum atomic E-state index is 12.8. The van der Waals surface area contributed by atoms with Gasteiger partial charge in [0, 0.05) is 51.5 Å². The zero-order valence-corrected chi connectivity index (χ0v) is 16.0. The third kappa shape index (κ3) is 5.00. The van der Waals surface area contributed by atoms with E-state index in [0.717, 1.165) is 70.1 Å². The number of ether oxygens (including phenoxy) is 3. The molecule has 3 heterocycles. The quantitative estimate of drug-likeness (QED) is 0.764. The molecule has 148 valence electrons. The van der Waals surface area contributed by atoms with Crippen LogP contribution in [0.1, 0.15) is 36.0 Å². The van der Waals surface area contributed by atoms with E-state index in [1.807, 2.05) is 29.2 Å². The minimum Gasteiger partial charge on any atom is -0.491 e. The third-order valence-corrected chi connectivity index (χ3v) is 5.71. The van der Waals surface area contributed by atoms with Crippen molar-refractivity contribution in [2.45, 2.75) is 37.9 Å². The fourth-order valence-corrected chi connectivity index (χ4v) is 4.05. The molecule has 0 aliphatic carbocycles. The van der Waals surface area contributed by atoms with Crippen LogP contribution in [0.5, 0.6) is 5.75 Å². The normalized spacial score (nSPS) is 26.4. The van der Waals surface area contributed by atoms with E-state index in [2.05, 4.69) is 4.90 Å². The molecule has 1 aromatic rings. The lowest BCUT2D eigenvalue weighted by Crippen LogP contribution is -2.50. The van der Waals surface area contributed by atoms with Crippen molar-refractivity contribution in [3.8, 4) is 5.75 Å². The van der Waals surface area contributed by atoms with Crippen LogP contribution in [-0.2, 0) is 9.47 Å². The van der Waals surface area contributed by atoms with Crippen LogP contribution in [0.25, 0.3) is 0 Å². The van der Waals surface area contributed by atoms with E-state index in [4.69, 9.17) is 14.2 Å². The Kier molecular flexibility index (Phi) is 6.27. The first-order valence-electron chi connectivity index (χ1n) is 10.3. The van der Waals surface area contributed by atoms with Gasteiger partial charge in [-0.2, -0.15) is 0 Å². The largest absolute Gasteiger partial charge is 0.491 e. The van der Waals surface area contributed by atoms with Crippen molar-refractivity contribution in [3.63, 3.8) is 0 Å². The van der Waals surface area contributed by atoms with Gasteiger partial charge in [0.15, 0.2) is 0 Å². The second-order valence-electron chi connectivity index (χ2n) is 7.70. The Bertz CT molecular complexity index is 601. The van der Waals surface area contributed by atoms with Gasteiger partial charge >= 0.3 is 0 Å². The van der Waals surface area contributed by atoms with Gasteiger partial charge in [0.1, 0.15) is 12.4 Å². The van der Waals surface area contributed by atoms with Crippen LogP contribution in [0.4, 0.5) is 0 Å². The molecule has 6 heteroatoms. The van der Waals surface area contributed by atoms with Crippen LogP contribution >= 0.6 is 0 Å². The Hall–Kier alpha value is -1.63. The number of hydrogen-bond acceptors (Lipinski definition) is 5. The molecule has 1 amide bonds. The lowest BCUT2D eigenvalue weighted by Gasteiger charge is -2.35. The number of nitrogens with zero attached hydrogens (tertiary/aromatic N) is 2. The minimum atomic E-state index is 0.109. The molecule has 3 fully saturated rings. The molecule has 0 saturated carbocycles. The summed E-state index contributed by atoms with van der Waals surface area (Å²) in [5.74, 6) is 0.904. The van der Waals surface area contributed by atoms with Gasteiger partial charge in [-0.1, -0.05) is 0 Å². The van der Waals surface area contributed by atoms with Gasteiger partial charge in [-0.25, -0.2) is 0 Å². The average molecular weight is 374 g/mol. The molecule has 27 heavy (non-hydrogen) atoms. The van der Waals surface area contributed by atoms with Gasteiger partial charge in [-0.05, 0) is 49.9 Å². The van der Waals surface area contributed by atoms with Crippen molar-refractivity contribution in [2.75, 3.05) is 52.5 Å². The van der Waals surface area contributed by atoms with Crippen LogP contribution in [0.3, 0.4) is 0 Å². The smallest absolute Gasteiger partial charge is 0.253 e. The van der Waals surface area contributed by atoms with E-state index in [1.54, 1.807) is 0 Å². The van der Waals surface area contributed by atoms with E-state index in [-0.39, 0.29) is 12.0 Å². The SMILES string of the molecule is O=C(c1ccc(OC[C@H]2CCCO2)cc1)N1CCN(C[C@@H]2CCCO2)CC1. The summed E-state index contributed by atoms with van der Waals surface area (Å²) < 4.78 is 17.1. The molecular formula is C21H30N2O4. The summed E-state index contributed by atoms with van der Waals surface area (Å²) in [7, 11) is 0. The number of carbonyl (C=O) groups is 1. The van der Waals surface area contributed by atoms with Crippen molar-refractivity contribution in [1.29, 1.82) is 0 Å². The first-order chi connectivity index (χ1) is 13.3. The summed E-state index contributed by atoms with van der Waals surface area (Å²) in [5, 5.41) is 0. The molecule has 0 spiro atoms. The summed E-state index contributed by atoms with van der Waals surface area (Å²) in [4.78, 5) is 17.1. The highest BCUT2D eigenvalue weighted by Crippen LogP contribution is 2.19. The van der Waals surface area contributed by atoms with E-state index >= 15 is 0 Å². The van der Waals surface area contributed by atoms with Crippen LogP contribution < -0.4 is 4.74 Å². The fraction of sp³-hybridized carbons (Fsp3) is 0.667. The average Bonchev–Trinajstić information content (AvgIpc) is 3.41. The van der Waals surface area contributed by atoms with Gasteiger partial charge in [-0.15, -0.1) is 0 Å². The molecule has 3 saturated heterocycles. The first kappa shape index (κ1) is 18.7. The Morgan fingerprint density at radius 3 is 2.26 bits per heavy atom. The second kappa shape index (κ2) is 9.04. The minimum absolute atomic E-state index is 0.109. The van der Waals surface area contributed by atoms with Crippen LogP contribution in [0, 0.1) is 0 Å². The number of carbonyl (C=O) groups excluding carboxylic acids is 1. The van der Waals surface area contributed by atoms with Crippen LogP contribution in [0.2, 0.25) is 0 Å². The first-order valence-corrected chi connectivity index (χ1v) is 10.3. The molecule has 0 aromatic heterocycles. The summed E-state index contributed by atoms with van der Waals surface area (Å²) in [6, 6.07) is 7.50. The molecule has 3 aliphatic rings. The lowest BCUT2D eigenvalue weighted by atomic mass is 10.1. The Labute approximate surface area is 161 Å². The van der Waals surface area contributed by atoms with E-state index in [0.29, 0.717) is 12.7 Å². The molecule has 6 nitrogen and oxygen atoms in total. The summed E-state index contributed by atoms with van der Waals surface area (Å²) in [6.45, 7) is 6.73. The zero-order valence-electron chi connectivity index (χ0n) is 16.0. The Morgan fingerprint density at radius 1 is 0.963 bits per heavy atom. The van der Waals surface area contributed by atoms with Gasteiger partial charge < -0.3 is 19.1 Å². The van der Waals surface area contributed by atoms with Gasteiger partial charge in [0.2, 0.25) is 0 Å². The van der Waals surface area contributed by atoms with Crippen molar-refractivity contribution < 1.29 is 19.0 Å². The molecule has 0 N–H and O–H groups in total. The number of benzene rings is 1. The van der Waals surface area contributed by atoms with Crippen molar-refractivity contribution in [2.24, 2.45) is 0 Å². The monoisotopic (exact) mass is 374 g/mol. The Balaban J connectivity index is 1.23. The standard InChI is InChI=1S/C21H30N2O4/c24-21(23-11-9-22(10-12-23)15-19-3-1-13-25-19)17-5-7-18(8-6-17)27-16-20-4-2-14-26-20/h5-8,19-20H,1-4,9-16H2/t19-,20+/m0/s1. The van der Waals surface area contributed by atoms with Crippen LogP contribution in [0.15, 0.2) is 24.3 Å². The van der Waals surface area contributed by atoms with E-state index < -0.39 is 0 Å². The highest BCUT2D eigenvalue weighted by Gasteiger charge is 2.25. The molecule has 0 unspecified atom stereocenters. The van der Waals surface area contributed by atoms with Crippen LogP contribution in [-0.4, -0.2) is 80.5 Å². The lowest BCUT2D eigenvalue weighted by molar-refractivity contribution is 0.0432. The number of amides is 1. The van der Waals surface area contributed by atoms with Gasteiger partial charge in [-0.3, -0.25) is 9.69 Å². The van der Waals surface area contributed by atoms with Crippen molar-refractivity contribution in [3.05, 3.63) is 29.8 Å². The molecule has 4 rings (SSSR count). The summed E-state index contributed by atoms with van der Waals surface area (Å²) >= 11 is 0. The predicted molar refractivity (Wildman–Crippen MR) is 102 cm³/mol. The van der Waals surface area contributed by atoms with Crippen molar-refractivity contribution >= 4 is 5.91 Å². The predicted octanol–water partition coefficient (Wildman–Crippen LogP) is 2.18.